The molecule has 18 heavy (non-hydrogen) atoms. The molecule has 0 saturated heterocycles. The van der Waals surface area contributed by atoms with E-state index in [-0.39, 0.29) is 5.38 Å². The number of halogens is 1. The lowest BCUT2D eigenvalue weighted by Gasteiger charge is -2.02. The Kier molecular flexibility index (Phi) is 4.15. The fourth-order valence-electron chi connectivity index (χ4n) is 1.57. The van der Waals surface area contributed by atoms with Gasteiger partial charge >= 0.3 is 0 Å². The van der Waals surface area contributed by atoms with Gasteiger partial charge in [0.2, 0.25) is 5.88 Å². The van der Waals surface area contributed by atoms with Crippen molar-refractivity contribution in [2.24, 2.45) is 0 Å². The van der Waals surface area contributed by atoms with Crippen LogP contribution in [0.2, 0.25) is 0 Å². The Labute approximate surface area is 110 Å². The molecule has 0 saturated carbocycles. The van der Waals surface area contributed by atoms with Gasteiger partial charge in [-0.15, -0.1) is 11.6 Å². The Morgan fingerprint density at radius 2 is 2.33 bits per heavy atom. The minimum Gasteiger partial charge on any atom is -0.480 e. The molecule has 6 heteroatoms. The van der Waals surface area contributed by atoms with Crippen LogP contribution in [0.3, 0.4) is 0 Å². The van der Waals surface area contributed by atoms with Crippen LogP contribution in [-0.2, 0) is 0 Å². The lowest BCUT2D eigenvalue weighted by molar-refractivity contribution is 0.390. The van der Waals surface area contributed by atoms with E-state index < -0.39 is 0 Å². The summed E-state index contributed by atoms with van der Waals surface area (Å²) >= 11 is 6.15. The largest absolute Gasteiger partial charge is 0.480 e. The lowest BCUT2D eigenvalue weighted by Crippen LogP contribution is -1.93. The van der Waals surface area contributed by atoms with Gasteiger partial charge < -0.3 is 9.26 Å². The van der Waals surface area contributed by atoms with Crippen LogP contribution in [0.15, 0.2) is 22.9 Å². The normalized spacial score (nSPS) is 12.4. The van der Waals surface area contributed by atoms with Crippen molar-refractivity contribution < 1.29 is 9.26 Å². The Morgan fingerprint density at radius 1 is 1.50 bits per heavy atom. The fraction of sp³-hybridized carbons (Fsp3) is 0.417. The first kappa shape index (κ1) is 12.8. The Balaban J connectivity index is 2.29. The summed E-state index contributed by atoms with van der Waals surface area (Å²) in [7, 11) is 1.55. The van der Waals surface area contributed by atoms with E-state index in [1.54, 1.807) is 19.4 Å². The van der Waals surface area contributed by atoms with Crippen LogP contribution < -0.4 is 4.74 Å². The highest BCUT2D eigenvalue weighted by Crippen LogP contribution is 2.29. The van der Waals surface area contributed by atoms with Crippen LogP contribution in [0.25, 0.3) is 11.5 Å². The molecule has 0 spiro atoms. The monoisotopic (exact) mass is 267 g/mol. The predicted molar refractivity (Wildman–Crippen MR) is 67.6 cm³/mol. The van der Waals surface area contributed by atoms with Gasteiger partial charge in [0.15, 0.2) is 5.82 Å². The van der Waals surface area contributed by atoms with Crippen molar-refractivity contribution in [2.45, 2.75) is 25.1 Å². The summed E-state index contributed by atoms with van der Waals surface area (Å²) in [5.41, 5.74) is 0.666. The van der Waals surface area contributed by atoms with Crippen molar-refractivity contribution >= 4 is 11.6 Å². The van der Waals surface area contributed by atoms with E-state index in [9.17, 15) is 0 Å². The summed E-state index contributed by atoms with van der Waals surface area (Å²) in [6.07, 6.45) is 3.42. The van der Waals surface area contributed by atoms with Crippen molar-refractivity contribution in [3.63, 3.8) is 0 Å². The average Bonchev–Trinajstić information content (AvgIpc) is 2.88. The van der Waals surface area contributed by atoms with Gasteiger partial charge in [-0.3, -0.25) is 0 Å². The summed E-state index contributed by atoms with van der Waals surface area (Å²) in [5.74, 6) is 1.32. The third-order valence-electron chi connectivity index (χ3n) is 2.46. The molecule has 0 N–H and O–H groups in total. The van der Waals surface area contributed by atoms with Gasteiger partial charge in [0.25, 0.3) is 5.89 Å². The van der Waals surface area contributed by atoms with Gasteiger partial charge in [0.1, 0.15) is 5.56 Å². The third kappa shape index (κ3) is 2.61. The number of ether oxygens (including phenoxy) is 1. The highest BCUT2D eigenvalue weighted by Gasteiger charge is 2.18. The number of hydrogen-bond acceptors (Lipinski definition) is 5. The van der Waals surface area contributed by atoms with E-state index >= 15 is 0 Å². The van der Waals surface area contributed by atoms with E-state index in [0.29, 0.717) is 23.2 Å². The number of pyridine rings is 1. The highest BCUT2D eigenvalue weighted by atomic mass is 35.5. The van der Waals surface area contributed by atoms with Crippen LogP contribution in [0.5, 0.6) is 5.88 Å². The fourth-order valence-corrected chi connectivity index (χ4v) is 1.88. The number of nitrogens with zero attached hydrogens (tertiary/aromatic N) is 3. The molecule has 1 atom stereocenters. The maximum absolute atomic E-state index is 6.15. The van der Waals surface area contributed by atoms with E-state index in [1.807, 2.05) is 6.07 Å². The van der Waals surface area contributed by atoms with Crippen LogP contribution in [0.4, 0.5) is 0 Å². The second kappa shape index (κ2) is 5.82. The maximum atomic E-state index is 6.15. The van der Waals surface area contributed by atoms with E-state index in [4.69, 9.17) is 20.9 Å². The molecule has 1 unspecified atom stereocenters. The number of alkyl halides is 1. The van der Waals surface area contributed by atoms with E-state index in [1.165, 1.54) is 0 Å². The average molecular weight is 268 g/mol. The van der Waals surface area contributed by atoms with Gasteiger partial charge in [-0.2, -0.15) is 4.98 Å². The lowest BCUT2D eigenvalue weighted by atomic mass is 10.2. The second-order valence-electron chi connectivity index (χ2n) is 3.77. The van der Waals surface area contributed by atoms with Crippen LogP contribution in [0, 0.1) is 0 Å². The number of methoxy groups -OCH3 is 1. The molecule has 5 nitrogen and oxygen atoms in total. The number of hydrogen-bond donors (Lipinski definition) is 0. The van der Waals surface area contributed by atoms with Gasteiger partial charge in [0, 0.05) is 6.20 Å². The molecule has 2 heterocycles. The maximum Gasteiger partial charge on any atom is 0.263 e. The molecule has 0 bridgehead atoms. The summed E-state index contributed by atoms with van der Waals surface area (Å²) in [6.45, 7) is 2.06. The Bertz CT molecular complexity index is 516. The highest BCUT2D eigenvalue weighted by molar-refractivity contribution is 6.20. The Hall–Kier alpha value is -1.62. The summed E-state index contributed by atoms with van der Waals surface area (Å²) in [6, 6.07) is 3.60. The molecule has 0 fully saturated rings. The summed E-state index contributed by atoms with van der Waals surface area (Å²) < 4.78 is 10.3. The molecular formula is C12H14ClN3O2. The molecule has 96 valence electrons. The smallest absolute Gasteiger partial charge is 0.263 e. The standard InChI is InChI=1S/C12H14ClN3O2/c1-3-5-9(13)10-15-12(18-16-10)8-6-4-7-14-11(8)17-2/h4,6-7,9H,3,5H2,1-2H3. The van der Waals surface area contributed by atoms with E-state index in [2.05, 4.69) is 22.0 Å². The molecule has 0 aromatic carbocycles. The molecule has 2 rings (SSSR count). The summed E-state index contributed by atoms with van der Waals surface area (Å²) in [5, 5.41) is 3.66. The van der Waals surface area contributed by atoms with Gasteiger partial charge in [-0.1, -0.05) is 18.5 Å². The van der Waals surface area contributed by atoms with Gasteiger partial charge in [-0.05, 0) is 18.6 Å². The molecular weight excluding hydrogens is 254 g/mol. The third-order valence-corrected chi connectivity index (χ3v) is 2.87. The molecule has 0 amide bonds. The molecule has 0 aliphatic carbocycles. The zero-order valence-electron chi connectivity index (χ0n) is 10.3. The number of rotatable bonds is 5. The Morgan fingerprint density at radius 3 is 3.06 bits per heavy atom. The van der Waals surface area contributed by atoms with Crippen molar-refractivity contribution in [1.29, 1.82) is 0 Å². The first-order chi connectivity index (χ1) is 8.76. The summed E-state index contributed by atoms with van der Waals surface area (Å²) in [4.78, 5) is 8.36. The van der Waals surface area contributed by atoms with Gasteiger partial charge in [-0.25, -0.2) is 4.98 Å². The van der Waals surface area contributed by atoms with E-state index in [0.717, 1.165) is 12.8 Å². The topological polar surface area (TPSA) is 61.0 Å². The van der Waals surface area contributed by atoms with Crippen molar-refractivity contribution in [3.8, 4) is 17.3 Å². The van der Waals surface area contributed by atoms with Gasteiger partial charge in [0.05, 0.1) is 12.5 Å². The predicted octanol–water partition coefficient (Wildman–Crippen LogP) is 3.22. The minimum absolute atomic E-state index is 0.227. The van der Waals surface area contributed by atoms with Crippen molar-refractivity contribution in [3.05, 3.63) is 24.2 Å². The molecule has 0 aliphatic rings. The second-order valence-corrected chi connectivity index (χ2v) is 4.30. The van der Waals surface area contributed by atoms with Crippen LogP contribution >= 0.6 is 11.6 Å². The molecule has 0 aliphatic heterocycles. The molecule has 2 aromatic heterocycles. The van der Waals surface area contributed by atoms with Crippen LogP contribution in [-0.4, -0.2) is 22.2 Å². The zero-order valence-corrected chi connectivity index (χ0v) is 11.0. The first-order valence-corrected chi connectivity index (χ1v) is 6.17. The van der Waals surface area contributed by atoms with Crippen molar-refractivity contribution in [2.75, 3.05) is 7.11 Å². The van der Waals surface area contributed by atoms with Crippen LogP contribution in [0.1, 0.15) is 31.0 Å². The quantitative estimate of drug-likeness (QED) is 0.779. The molecule has 0 radical (unpaired) electrons. The zero-order chi connectivity index (χ0) is 13.0. The first-order valence-electron chi connectivity index (χ1n) is 5.73. The van der Waals surface area contributed by atoms with Crippen molar-refractivity contribution in [1.82, 2.24) is 15.1 Å². The number of aromatic nitrogens is 3. The molecule has 2 aromatic rings. The SMILES string of the molecule is CCCC(Cl)c1noc(-c2cccnc2OC)n1. The minimum atomic E-state index is -0.227.